The van der Waals surface area contributed by atoms with E-state index < -0.39 is 12.0 Å². The molecule has 2 aromatic carbocycles. The summed E-state index contributed by atoms with van der Waals surface area (Å²) in [6.07, 6.45) is 2.91. The highest BCUT2D eigenvalue weighted by molar-refractivity contribution is 6.01. The number of nitrogens with zero attached hydrogens (tertiary/aromatic N) is 1. The van der Waals surface area contributed by atoms with E-state index >= 15 is 0 Å². The van der Waals surface area contributed by atoms with Crippen LogP contribution in [-0.4, -0.2) is 23.0 Å². The molecular weight excluding hydrogens is 344 g/mol. The lowest BCUT2D eigenvalue weighted by Crippen LogP contribution is -2.43. The average Bonchev–Trinajstić information content (AvgIpc) is 2.68. The van der Waals surface area contributed by atoms with E-state index in [-0.39, 0.29) is 18.5 Å². The maximum absolute atomic E-state index is 12.6. The third-order valence-corrected chi connectivity index (χ3v) is 4.57. The van der Waals surface area contributed by atoms with Crippen molar-refractivity contribution in [3.63, 3.8) is 0 Å². The van der Waals surface area contributed by atoms with Gasteiger partial charge in [0.05, 0.1) is 11.7 Å². The highest BCUT2D eigenvalue weighted by Crippen LogP contribution is 2.34. The first-order valence-corrected chi connectivity index (χ1v) is 8.57. The molecule has 3 aromatic rings. The second-order valence-corrected chi connectivity index (χ2v) is 6.34. The summed E-state index contributed by atoms with van der Waals surface area (Å²) in [5.41, 5.74) is 6.90. The molecule has 4 rings (SSSR count). The van der Waals surface area contributed by atoms with Crippen molar-refractivity contribution in [2.45, 2.75) is 18.6 Å². The Balaban J connectivity index is 1.56. The predicted octanol–water partition coefficient (Wildman–Crippen LogP) is 2.73. The molecule has 1 aromatic heterocycles. The monoisotopic (exact) mass is 362 g/mol. The van der Waals surface area contributed by atoms with E-state index in [1.165, 1.54) is 0 Å². The quantitative estimate of drug-likeness (QED) is 0.666. The van der Waals surface area contributed by atoms with Crippen LogP contribution >= 0.6 is 0 Å². The van der Waals surface area contributed by atoms with Gasteiger partial charge in [0.2, 0.25) is 0 Å². The van der Waals surface area contributed by atoms with Crippen LogP contribution in [0, 0.1) is 0 Å². The van der Waals surface area contributed by atoms with Crippen LogP contribution in [0.2, 0.25) is 0 Å². The van der Waals surface area contributed by atoms with Crippen LogP contribution in [0.25, 0.3) is 10.8 Å². The molecular formula is C20H18N4O3. The highest BCUT2D eigenvalue weighted by atomic mass is 16.5. The van der Waals surface area contributed by atoms with Gasteiger partial charge < -0.3 is 21.1 Å². The fraction of sp³-hybridized carbons (Fsp3) is 0.150. The summed E-state index contributed by atoms with van der Waals surface area (Å²) in [4.78, 5) is 28.3. The van der Waals surface area contributed by atoms with Crippen molar-refractivity contribution in [1.29, 1.82) is 0 Å². The van der Waals surface area contributed by atoms with Crippen LogP contribution in [0.4, 0.5) is 10.5 Å². The molecule has 2 unspecified atom stereocenters. The van der Waals surface area contributed by atoms with Gasteiger partial charge in [0.1, 0.15) is 5.75 Å². The Bertz CT molecular complexity index is 1020. The zero-order valence-electron chi connectivity index (χ0n) is 14.4. The summed E-state index contributed by atoms with van der Waals surface area (Å²) in [5, 5.41) is 7.62. The lowest BCUT2D eigenvalue weighted by molar-refractivity contribution is -0.125. The third kappa shape index (κ3) is 3.39. The Morgan fingerprint density at radius 3 is 2.81 bits per heavy atom. The van der Waals surface area contributed by atoms with E-state index in [0.29, 0.717) is 11.4 Å². The molecule has 136 valence electrons. The van der Waals surface area contributed by atoms with Gasteiger partial charge in [-0.2, -0.15) is 0 Å². The molecule has 1 aliphatic heterocycles. The molecule has 1 aliphatic rings. The molecule has 0 radical (unpaired) electrons. The molecule has 2 atom stereocenters. The largest absolute Gasteiger partial charge is 0.480 e. The number of para-hydroxylation sites is 1. The number of urea groups is 1. The Labute approximate surface area is 155 Å². The second-order valence-electron chi connectivity index (χ2n) is 6.34. The molecule has 3 amide bonds. The van der Waals surface area contributed by atoms with E-state index in [1.54, 1.807) is 18.5 Å². The Kier molecular flexibility index (Phi) is 4.33. The molecule has 4 N–H and O–H groups in total. The van der Waals surface area contributed by atoms with Crippen LogP contribution in [0.1, 0.15) is 18.0 Å². The number of carbonyl (C=O) groups is 2. The lowest BCUT2D eigenvalue weighted by Gasteiger charge is -2.31. The second kappa shape index (κ2) is 6.95. The Hall–Kier alpha value is -3.61. The normalized spacial score (nSPS) is 18.2. The zero-order valence-corrected chi connectivity index (χ0v) is 14.4. The third-order valence-electron chi connectivity index (χ3n) is 4.57. The summed E-state index contributed by atoms with van der Waals surface area (Å²) < 4.78 is 5.63. The highest BCUT2D eigenvalue weighted by Gasteiger charge is 2.32. The number of ether oxygens (including phenoxy) is 1. The van der Waals surface area contributed by atoms with Crippen LogP contribution in [0.3, 0.4) is 0 Å². The number of carbonyl (C=O) groups excluding carboxylic acids is 2. The maximum atomic E-state index is 12.6. The molecule has 7 nitrogen and oxygen atoms in total. The van der Waals surface area contributed by atoms with Gasteiger partial charge >= 0.3 is 6.03 Å². The fourth-order valence-electron chi connectivity index (χ4n) is 3.28. The van der Waals surface area contributed by atoms with Gasteiger partial charge in [0, 0.05) is 35.2 Å². The summed E-state index contributed by atoms with van der Waals surface area (Å²) >= 11 is 0. The van der Waals surface area contributed by atoms with E-state index in [9.17, 15) is 9.59 Å². The first-order valence-electron chi connectivity index (χ1n) is 8.57. The fourth-order valence-corrected chi connectivity index (χ4v) is 3.28. The number of hydrogen-bond donors (Lipinski definition) is 3. The first kappa shape index (κ1) is 16.8. The van der Waals surface area contributed by atoms with Crippen LogP contribution < -0.4 is 21.1 Å². The van der Waals surface area contributed by atoms with Crippen molar-refractivity contribution in [3.05, 3.63) is 66.5 Å². The van der Waals surface area contributed by atoms with Crippen LogP contribution in [0.5, 0.6) is 5.75 Å². The zero-order chi connectivity index (χ0) is 18.8. The van der Waals surface area contributed by atoms with E-state index in [4.69, 9.17) is 10.5 Å². The molecule has 7 heteroatoms. The average molecular weight is 362 g/mol. The maximum Gasteiger partial charge on any atom is 0.319 e. The Morgan fingerprint density at radius 1 is 1.11 bits per heavy atom. The van der Waals surface area contributed by atoms with Crippen molar-refractivity contribution in [2.24, 2.45) is 5.73 Å². The lowest BCUT2D eigenvalue weighted by atomic mass is 9.96. The number of benzene rings is 2. The van der Waals surface area contributed by atoms with Crippen molar-refractivity contribution in [2.75, 3.05) is 5.32 Å². The number of aromatic nitrogens is 1. The number of nitrogens with one attached hydrogen (secondary N) is 2. The van der Waals surface area contributed by atoms with Crippen molar-refractivity contribution in [1.82, 2.24) is 10.3 Å². The van der Waals surface area contributed by atoms with Gasteiger partial charge in [0.25, 0.3) is 5.91 Å². The van der Waals surface area contributed by atoms with Gasteiger partial charge in [-0.05, 0) is 18.2 Å². The summed E-state index contributed by atoms with van der Waals surface area (Å²) in [6, 6.07) is 14.0. The molecule has 0 fully saturated rings. The number of fused-ring (bicyclic) bond motifs is 2. The van der Waals surface area contributed by atoms with Crippen molar-refractivity contribution >= 4 is 28.4 Å². The molecule has 0 spiro atoms. The molecule has 2 heterocycles. The van der Waals surface area contributed by atoms with E-state index in [1.807, 2.05) is 42.5 Å². The van der Waals surface area contributed by atoms with E-state index in [0.717, 1.165) is 16.3 Å². The smallest absolute Gasteiger partial charge is 0.319 e. The number of anilines is 1. The summed E-state index contributed by atoms with van der Waals surface area (Å²) in [7, 11) is 0. The number of hydrogen-bond acceptors (Lipinski definition) is 4. The molecule has 0 aliphatic carbocycles. The number of rotatable bonds is 3. The van der Waals surface area contributed by atoms with Gasteiger partial charge in [-0.15, -0.1) is 0 Å². The standard InChI is InChI=1S/C20H18N4O3/c21-19(25)18-10-16(14-5-1-2-7-17(14)27-18)24-20(26)23-15-6-3-4-12-11-22-9-8-13(12)15/h1-9,11,16,18H,10H2,(H2,21,25)(H2,23,24,26). The molecule has 0 saturated carbocycles. The van der Waals surface area contributed by atoms with Gasteiger partial charge in [0.15, 0.2) is 6.10 Å². The van der Waals surface area contributed by atoms with Gasteiger partial charge in [-0.3, -0.25) is 9.78 Å². The molecule has 0 bridgehead atoms. The van der Waals surface area contributed by atoms with E-state index in [2.05, 4.69) is 15.6 Å². The summed E-state index contributed by atoms with van der Waals surface area (Å²) in [6.45, 7) is 0. The molecule has 27 heavy (non-hydrogen) atoms. The van der Waals surface area contributed by atoms with Gasteiger partial charge in [-0.25, -0.2) is 4.79 Å². The topological polar surface area (TPSA) is 106 Å². The van der Waals surface area contributed by atoms with Crippen LogP contribution in [-0.2, 0) is 4.79 Å². The number of amides is 3. The first-order chi connectivity index (χ1) is 13.1. The summed E-state index contributed by atoms with van der Waals surface area (Å²) in [5.74, 6) is -0.00708. The predicted molar refractivity (Wildman–Crippen MR) is 101 cm³/mol. The minimum Gasteiger partial charge on any atom is -0.480 e. The number of pyridine rings is 1. The molecule has 0 saturated heterocycles. The van der Waals surface area contributed by atoms with Gasteiger partial charge in [-0.1, -0.05) is 30.3 Å². The SMILES string of the molecule is NC(=O)C1CC(NC(=O)Nc2cccc3cnccc23)c2ccccc2O1. The number of nitrogens with two attached hydrogens (primary N) is 1. The van der Waals surface area contributed by atoms with Crippen molar-refractivity contribution < 1.29 is 14.3 Å². The number of primary amides is 1. The minimum atomic E-state index is -0.783. The minimum absolute atomic E-state index is 0.277. The van der Waals surface area contributed by atoms with Crippen molar-refractivity contribution in [3.8, 4) is 5.75 Å². The Morgan fingerprint density at radius 2 is 1.96 bits per heavy atom. The van der Waals surface area contributed by atoms with Crippen LogP contribution in [0.15, 0.2) is 60.9 Å².